The van der Waals surface area contributed by atoms with Crippen molar-refractivity contribution in [1.82, 2.24) is 21.3 Å². The molecule has 11 heteroatoms. The van der Waals surface area contributed by atoms with Gasteiger partial charge in [-0.1, -0.05) is 38.1 Å². The molecule has 0 heterocycles. The standard InChI is InChI=1S/C24H37N5O4.CH2O2/c1-14(2)21(29-22(31)15(3)26-4)24(33)28-19(12-13-20(25)30)23(32)27-18-11-7-9-16-8-5-6-10-17(16)18;2-1-3/h5-6,8,10,14-15,18-19,21,26H,7,9,11-13H2,1-4H3,(H2,25,30)(H,27,32)(H,28,33)(H,29,31);1H,(H,2,3)/t15-,18?,19-,21-;/m0./s1. The number of nitrogens with two attached hydrogens (primary N) is 1. The van der Waals surface area contributed by atoms with Crippen LogP contribution in [0.4, 0.5) is 0 Å². The van der Waals surface area contributed by atoms with Crippen molar-refractivity contribution in [2.45, 2.75) is 77.0 Å². The minimum atomic E-state index is -0.945. The molecule has 1 unspecified atom stereocenters. The molecule has 1 aromatic rings. The van der Waals surface area contributed by atoms with Gasteiger partial charge in [-0.3, -0.25) is 24.0 Å². The summed E-state index contributed by atoms with van der Waals surface area (Å²) in [7, 11) is 1.66. The fourth-order valence-electron chi connectivity index (χ4n) is 3.94. The second kappa shape index (κ2) is 15.5. The van der Waals surface area contributed by atoms with E-state index in [1.165, 1.54) is 5.56 Å². The molecule has 2 rings (SSSR count). The molecule has 0 spiro atoms. The molecule has 4 amide bonds. The maximum Gasteiger partial charge on any atom is 0.290 e. The Balaban J connectivity index is 0.00000205. The minimum Gasteiger partial charge on any atom is -0.483 e. The van der Waals surface area contributed by atoms with E-state index in [9.17, 15) is 19.2 Å². The van der Waals surface area contributed by atoms with Gasteiger partial charge in [0.15, 0.2) is 0 Å². The summed E-state index contributed by atoms with van der Waals surface area (Å²) in [5, 5.41) is 18.2. The van der Waals surface area contributed by atoms with Crippen LogP contribution in [0.2, 0.25) is 0 Å². The number of rotatable bonds is 11. The first kappa shape index (κ1) is 30.6. The van der Waals surface area contributed by atoms with Crippen LogP contribution in [0, 0.1) is 5.92 Å². The van der Waals surface area contributed by atoms with Crippen LogP contribution in [-0.2, 0) is 30.4 Å². The molecular formula is C25H39N5O6. The molecule has 1 aliphatic rings. The van der Waals surface area contributed by atoms with Gasteiger partial charge in [-0.2, -0.15) is 0 Å². The molecule has 0 fully saturated rings. The van der Waals surface area contributed by atoms with Crippen LogP contribution in [-0.4, -0.2) is 60.4 Å². The Morgan fingerprint density at radius 1 is 1.08 bits per heavy atom. The zero-order chi connectivity index (χ0) is 27.3. The van der Waals surface area contributed by atoms with E-state index in [2.05, 4.69) is 27.3 Å². The first-order valence-electron chi connectivity index (χ1n) is 12.1. The second-order valence-corrected chi connectivity index (χ2v) is 9.06. The Labute approximate surface area is 212 Å². The zero-order valence-corrected chi connectivity index (χ0v) is 21.4. The third-order valence-corrected chi connectivity index (χ3v) is 6.07. The van der Waals surface area contributed by atoms with E-state index in [1.54, 1.807) is 14.0 Å². The monoisotopic (exact) mass is 505 g/mol. The molecule has 0 bridgehead atoms. The fraction of sp³-hybridized carbons (Fsp3) is 0.560. The lowest BCUT2D eigenvalue weighted by molar-refractivity contribution is -0.133. The summed E-state index contributed by atoms with van der Waals surface area (Å²) < 4.78 is 0. The molecule has 1 aromatic carbocycles. The van der Waals surface area contributed by atoms with E-state index < -0.39 is 29.9 Å². The maximum absolute atomic E-state index is 13.2. The molecule has 0 radical (unpaired) electrons. The number of fused-ring (bicyclic) bond motifs is 1. The predicted octanol–water partition coefficient (Wildman–Crippen LogP) is 0.380. The molecule has 0 aromatic heterocycles. The number of carbonyl (C=O) groups excluding carboxylic acids is 4. The molecule has 11 nitrogen and oxygen atoms in total. The number of carboxylic acid groups (broad SMARTS) is 1. The summed E-state index contributed by atoms with van der Waals surface area (Å²) in [6.07, 6.45) is 2.74. The summed E-state index contributed by atoms with van der Waals surface area (Å²) in [5.74, 6) is -1.92. The lowest BCUT2D eigenvalue weighted by Crippen LogP contribution is -2.57. The third-order valence-electron chi connectivity index (χ3n) is 6.07. The van der Waals surface area contributed by atoms with Crippen molar-refractivity contribution in [2.75, 3.05) is 7.05 Å². The van der Waals surface area contributed by atoms with Crippen molar-refractivity contribution in [3.63, 3.8) is 0 Å². The highest BCUT2D eigenvalue weighted by Gasteiger charge is 2.31. The number of aryl methyl sites for hydroxylation is 1. The van der Waals surface area contributed by atoms with Crippen molar-refractivity contribution in [2.24, 2.45) is 11.7 Å². The van der Waals surface area contributed by atoms with Crippen LogP contribution in [0.25, 0.3) is 0 Å². The number of hydrogen-bond donors (Lipinski definition) is 6. The van der Waals surface area contributed by atoms with Gasteiger partial charge in [0.2, 0.25) is 23.6 Å². The van der Waals surface area contributed by atoms with Gasteiger partial charge in [0, 0.05) is 6.42 Å². The number of nitrogens with one attached hydrogen (secondary N) is 4. The topological polar surface area (TPSA) is 180 Å². The van der Waals surface area contributed by atoms with E-state index >= 15 is 0 Å². The Morgan fingerprint density at radius 2 is 1.72 bits per heavy atom. The van der Waals surface area contributed by atoms with Crippen LogP contribution in [0.5, 0.6) is 0 Å². The molecule has 0 saturated heterocycles. The lowest BCUT2D eigenvalue weighted by Gasteiger charge is -2.29. The fourth-order valence-corrected chi connectivity index (χ4v) is 3.94. The number of benzene rings is 1. The SMILES string of the molecule is CN[C@@H](C)C(=O)N[C@H](C(=O)N[C@@H](CCC(N)=O)C(=O)NC1CCCc2ccccc21)C(C)C.O=CO. The van der Waals surface area contributed by atoms with Crippen LogP contribution in [0.3, 0.4) is 0 Å². The van der Waals surface area contributed by atoms with Gasteiger partial charge in [0.25, 0.3) is 6.47 Å². The van der Waals surface area contributed by atoms with E-state index in [0.717, 1.165) is 24.8 Å². The number of likely N-dealkylation sites (N-methyl/N-ethyl adjacent to an activating group) is 1. The molecule has 0 aliphatic heterocycles. The quantitative estimate of drug-likeness (QED) is 0.235. The van der Waals surface area contributed by atoms with E-state index in [-0.39, 0.29) is 43.1 Å². The summed E-state index contributed by atoms with van der Waals surface area (Å²) in [6.45, 7) is 5.06. The Morgan fingerprint density at radius 3 is 2.31 bits per heavy atom. The van der Waals surface area contributed by atoms with Crippen LogP contribution in [0.15, 0.2) is 24.3 Å². The molecular weight excluding hydrogens is 466 g/mol. The highest BCUT2D eigenvalue weighted by molar-refractivity contribution is 5.93. The van der Waals surface area contributed by atoms with Crippen LogP contribution < -0.4 is 27.0 Å². The summed E-state index contributed by atoms with van der Waals surface area (Å²) in [4.78, 5) is 58.3. The van der Waals surface area contributed by atoms with Gasteiger partial charge < -0.3 is 32.1 Å². The molecule has 0 saturated carbocycles. The molecule has 36 heavy (non-hydrogen) atoms. The molecule has 7 N–H and O–H groups in total. The molecule has 200 valence electrons. The summed E-state index contributed by atoms with van der Waals surface area (Å²) in [6, 6.07) is 5.58. The smallest absolute Gasteiger partial charge is 0.290 e. The van der Waals surface area contributed by atoms with Crippen molar-refractivity contribution in [3.8, 4) is 0 Å². The van der Waals surface area contributed by atoms with Gasteiger partial charge in [-0.25, -0.2) is 0 Å². The number of primary amides is 1. The zero-order valence-electron chi connectivity index (χ0n) is 21.4. The lowest BCUT2D eigenvalue weighted by atomic mass is 9.87. The maximum atomic E-state index is 13.2. The van der Waals surface area contributed by atoms with Gasteiger partial charge in [0.05, 0.1) is 12.1 Å². The summed E-state index contributed by atoms with van der Waals surface area (Å²) >= 11 is 0. The average Bonchev–Trinajstić information content (AvgIpc) is 2.84. The van der Waals surface area contributed by atoms with E-state index in [0.29, 0.717) is 0 Å². The first-order valence-corrected chi connectivity index (χ1v) is 12.1. The minimum absolute atomic E-state index is 0.0465. The number of carbonyl (C=O) groups is 5. The number of amides is 4. The average molecular weight is 506 g/mol. The van der Waals surface area contributed by atoms with Gasteiger partial charge >= 0.3 is 0 Å². The molecule has 1 aliphatic carbocycles. The van der Waals surface area contributed by atoms with Crippen molar-refractivity contribution >= 4 is 30.1 Å². The highest BCUT2D eigenvalue weighted by Crippen LogP contribution is 2.29. The van der Waals surface area contributed by atoms with Crippen molar-refractivity contribution < 1.29 is 29.1 Å². The second-order valence-electron chi connectivity index (χ2n) is 9.06. The van der Waals surface area contributed by atoms with E-state index in [4.69, 9.17) is 15.6 Å². The largest absolute Gasteiger partial charge is 0.483 e. The van der Waals surface area contributed by atoms with Gasteiger partial charge in [0.1, 0.15) is 12.1 Å². The van der Waals surface area contributed by atoms with Gasteiger partial charge in [-0.15, -0.1) is 0 Å². The summed E-state index contributed by atoms with van der Waals surface area (Å²) in [5.41, 5.74) is 7.57. The van der Waals surface area contributed by atoms with E-state index in [1.807, 2.05) is 32.0 Å². The normalized spacial score (nSPS) is 16.8. The van der Waals surface area contributed by atoms with Crippen LogP contribution in [0.1, 0.15) is 63.6 Å². The van der Waals surface area contributed by atoms with Crippen LogP contribution >= 0.6 is 0 Å². The van der Waals surface area contributed by atoms with Crippen molar-refractivity contribution in [1.29, 1.82) is 0 Å². The third kappa shape index (κ3) is 9.65. The molecule has 4 atom stereocenters. The predicted molar refractivity (Wildman–Crippen MR) is 135 cm³/mol. The highest BCUT2D eigenvalue weighted by atomic mass is 16.3. The Kier molecular flexibility index (Phi) is 13.2. The Bertz CT molecular complexity index is 907. The van der Waals surface area contributed by atoms with Gasteiger partial charge in [-0.05, 0) is 56.7 Å². The number of hydrogen-bond acceptors (Lipinski definition) is 6. The Hall–Kier alpha value is -3.47. The first-order chi connectivity index (χ1) is 17.0. The van der Waals surface area contributed by atoms with Crippen molar-refractivity contribution in [3.05, 3.63) is 35.4 Å².